The van der Waals surface area contributed by atoms with Crippen molar-refractivity contribution in [1.29, 1.82) is 0 Å². The summed E-state index contributed by atoms with van der Waals surface area (Å²) in [6.07, 6.45) is -3.04. The Morgan fingerprint density at radius 1 is 1.00 bits per heavy atom. The molecule has 0 saturated carbocycles. The summed E-state index contributed by atoms with van der Waals surface area (Å²) in [6.45, 7) is -0.644. The molecule has 0 aromatic carbocycles. The molecule has 0 aliphatic rings. The molecular weight excluding hydrogens is 216 g/mol. The van der Waals surface area contributed by atoms with Gasteiger partial charge in [0, 0.05) is 26.1 Å². The molecule has 2 unspecified atom stereocenters. The van der Waals surface area contributed by atoms with Crippen molar-refractivity contribution < 1.29 is 33.0 Å². The Morgan fingerprint density at radius 2 is 1.36 bits per heavy atom. The molecule has 7 nitrogen and oxygen atoms in total. The summed E-state index contributed by atoms with van der Waals surface area (Å²) in [6, 6.07) is 0. The van der Waals surface area contributed by atoms with E-state index in [1.165, 1.54) is 0 Å². The van der Waals surface area contributed by atoms with Crippen molar-refractivity contribution in [2.24, 2.45) is 0 Å². The monoisotopic (exact) mass is 230 g/mol. The number of hydrogen-bond acceptors (Lipinski definition) is 7. The van der Waals surface area contributed by atoms with Crippen LogP contribution in [0.25, 0.3) is 0 Å². The van der Waals surface area contributed by atoms with Crippen molar-refractivity contribution in [1.82, 2.24) is 0 Å². The van der Waals surface area contributed by atoms with E-state index in [1.54, 1.807) is 0 Å². The van der Waals surface area contributed by atoms with Gasteiger partial charge in [0.05, 0.1) is 0 Å². The molecule has 86 valence electrons. The molecule has 2 atom stereocenters. The lowest BCUT2D eigenvalue weighted by molar-refractivity contribution is -0.0630. The minimum absolute atomic E-state index is 0.106. The molecule has 0 aliphatic carbocycles. The number of aliphatic hydroxyl groups is 4. The second kappa shape index (κ2) is 8.24. The maximum atomic E-state index is 10.8. The first-order valence-corrected chi connectivity index (χ1v) is 4.94. The highest BCUT2D eigenvalue weighted by atomic mass is 32.2. The maximum Gasteiger partial charge on any atom is 0.309 e. The zero-order valence-corrected chi connectivity index (χ0v) is 8.22. The van der Waals surface area contributed by atoms with Crippen LogP contribution in [0.4, 0.5) is 0 Å². The first-order valence-electron chi connectivity index (χ1n) is 3.94. The van der Waals surface area contributed by atoms with E-state index in [4.69, 9.17) is 20.4 Å². The van der Waals surface area contributed by atoms with Crippen LogP contribution in [0, 0.1) is 0 Å². The fourth-order valence-corrected chi connectivity index (χ4v) is 1.12. The van der Waals surface area contributed by atoms with Crippen molar-refractivity contribution >= 4 is 11.4 Å². The Labute approximate surface area is 83.8 Å². The Morgan fingerprint density at radius 3 is 1.64 bits per heavy atom. The maximum absolute atomic E-state index is 10.8. The van der Waals surface area contributed by atoms with Gasteiger partial charge in [0.15, 0.2) is 12.6 Å². The molecule has 0 spiro atoms. The van der Waals surface area contributed by atoms with Crippen LogP contribution in [-0.2, 0) is 19.7 Å². The quantitative estimate of drug-likeness (QED) is 0.356. The summed E-state index contributed by atoms with van der Waals surface area (Å²) >= 11 is -2.31. The summed E-state index contributed by atoms with van der Waals surface area (Å²) in [5.41, 5.74) is 0. The smallest absolute Gasteiger partial charge is 0.309 e. The molecule has 0 fully saturated rings. The van der Waals surface area contributed by atoms with Crippen molar-refractivity contribution in [3.63, 3.8) is 0 Å². The highest BCUT2D eigenvalue weighted by Crippen LogP contribution is 2.02. The van der Waals surface area contributed by atoms with Crippen LogP contribution < -0.4 is 0 Å². The molecule has 0 aromatic heterocycles. The molecule has 0 amide bonds. The zero-order chi connectivity index (χ0) is 11.0. The van der Waals surface area contributed by atoms with E-state index in [1.807, 2.05) is 0 Å². The third kappa shape index (κ3) is 7.33. The molecule has 0 heterocycles. The second-order valence-electron chi connectivity index (χ2n) is 2.33. The van der Waals surface area contributed by atoms with Crippen molar-refractivity contribution in [2.75, 3.05) is 13.2 Å². The number of rotatable bonds is 8. The van der Waals surface area contributed by atoms with Crippen molar-refractivity contribution in [3.8, 4) is 0 Å². The largest absolute Gasteiger partial charge is 0.396 e. The van der Waals surface area contributed by atoms with E-state index < -0.39 is 23.9 Å². The molecule has 0 aromatic rings. The van der Waals surface area contributed by atoms with Gasteiger partial charge in [0.25, 0.3) is 0 Å². The van der Waals surface area contributed by atoms with Crippen molar-refractivity contribution in [2.45, 2.75) is 25.4 Å². The Hall–Kier alpha value is -0.0900. The molecule has 0 radical (unpaired) electrons. The summed E-state index contributed by atoms with van der Waals surface area (Å²) in [5.74, 6) is 0. The first-order chi connectivity index (χ1) is 6.60. The van der Waals surface area contributed by atoms with Gasteiger partial charge >= 0.3 is 11.4 Å². The fraction of sp³-hybridized carbons (Fsp3) is 1.00. The Kier molecular flexibility index (Phi) is 8.18. The highest BCUT2D eigenvalue weighted by molar-refractivity contribution is 7.75. The van der Waals surface area contributed by atoms with Crippen LogP contribution in [0.2, 0.25) is 0 Å². The van der Waals surface area contributed by atoms with Gasteiger partial charge in [-0.1, -0.05) is 0 Å². The molecule has 8 heteroatoms. The minimum Gasteiger partial charge on any atom is -0.396 e. The molecular formula is C6H14O7S. The predicted octanol–water partition coefficient (Wildman–Crippen LogP) is -2.00. The van der Waals surface area contributed by atoms with E-state index in [0.717, 1.165) is 0 Å². The summed E-state index contributed by atoms with van der Waals surface area (Å²) < 4.78 is 19.4. The summed E-state index contributed by atoms with van der Waals surface area (Å²) in [5, 5.41) is 34.5. The lowest BCUT2D eigenvalue weighted by Gasteiger charge is -2.11. The van der Waals surface area contributed by atoms with Crippen LogP contribution in [0.3, 0.4) is 0 Å². The van der Waals surface area contributed by atoms with Gasteiger partial charge in [-0.25, -0.2) is 8.37 Å². The van der Waals surface area contributed by atoms with Gasteiger partial charge in [-0.15, -0.1) is 0 Å². The van der Waals surface area contributed by atoms with Crippen LogP contribution in [0.1, 0.15) is 12.8 Å². The van der Waals surface area contributed by atoms with Gasteiger partial charge in [-0.05, 0) is 0 Å². The normalized spacial score (nSPS) is 17.7. The van der Waals surface area contributed by atoms with Gasteiger partial charge in [0.2, 0.25) is 0 Å². The first kappa shape index (κ1) is 13.9. The average molecular weight is 230 g/mol. The van der Waals surface area contributed by atoms with Gasteiger partial charge < -0.3 is 20.4 Å². The van der Waals surface area contributed by atoms with Crippen LogP contribution in [0.5, 0.6) is 0 Å². The van der Waals surface area contributed by atoms with Gasteiger partial charge in [-0.3, -0.25) is 0 Å². The van der Waals surface area contributed by atoms with Gasteiger partial charge in [0.1, 0.15) is 0 Å². The van der Waals surface area contributed by atoms with E-state index >= 15 is 0 Å². The van der Waals surface area contributed by atoms with E-state index in [9.17, 15) is 4.21 Å². The zero-order valence-electron chi connectivity index (χ0n) is 7.40. The molecule has 0 saturated heterocycles. The number of hydrogen-bond donors (Lipinski definition) is 4. The lowest BCUT2D eigenvalue weighted by Crippen LogP contribution is -2.21. The van der Waals surface area contributed by atoms with E-state index in [2.05, 4.69) is 8.37 Å². The fourth-order valence-electron chi connectivity index (χ4n) is 0.521. The topological polar surface area (TPSA) is 116 Å². The van der Waals surface area contributed by atoms with Crippen LogP contribution >= 0.6 is 0 Å². The molecule has 0 bridgehead atoms. The average Bonchev–Trinajstić information content (AvgIpc) is 2.03. The standard InChI is InChI=1S/C6H14O7S/c7-3-1-5(9)12-14(11)13-6(10)2-4-8/h5-10H,1-4H2. The predicted molar refractivity (Wildman–Crippen MR) is 45.7 cm³/mol. The van der Waals surface area contributed by atoms with Crippen molar-refractivity contribution in [3.05, 3.63) is 0 Å². The van der Waals surface area contributed by atoms with Crippen LogP contribution in [0.15, 0.2) is 0 Å². The second-order valence-corrected chi connectivity index (χ2v) is 3.12. The molecule has 0 aliphatic heterocycles. The SMILES string of the molecule is O=S(OC(O)CCO)OC(O)CCO. The molecule has 0 rings (SSSR count). The van der Waals surface area contributed by atoms with E-state index in [-0.39, 0.29) is 26.1 Å². The molecule has 4 N–H and O–H groups in total. The highest BCUT2D eigenvalue weighted by Gasteiger charge is 2.14. The lowest BCUT2D eigenvalue weighted by atomic mass is 10.5. The summed E-state index contributed by atoms with van der Waals surface area (Å²) in [4.78, 5) is 0. The third-order valence-electron chi connectivity index (χ3n) is 1.13. The minimum atomic E-state index is -2.31. The van der Waals surface area contributed by atoms with E-state index in [0.29, 0.717) is 0 Å². The Balaban J connectivity index is 3.63. The number of aliphatic hydroxyl groups excluding tert-OH is 4. The molecule has 14 heavy (non-hydrogen) atoms. The Bertz CT molecular complexity index is 148. The van der Waals surface area contributed by atoms with Gasteiger partial charge in [-0.2, -0.15) is 4.21 Å². The third-order valence-corrected chi connectivity index (χ3v) is 1.89. The summed E-state index contributed by atoms with van der Waals surface area (Å²) in [7, 11) is 0. The van der Waals surface area contributed by atoms with Crippen LogP contribution in [-0.4, -0.2) is 50.4 Å².